The van der Waals surface area contributed by atoms with Crippen molar-refractivity contribution in [2.75, 3.05) is 5.32 Å². The predicted molar refractivity (Wildman–Crippen MR) is 132 cm³/mol. The maximum atomic E-state index is 12.4. The first-order chi connectivity index (χ1) is 16.8. The van der Waals surface area contributed by atoms with Gasteiger partial charge in [0.25, 0.3) is 17.3 Å². The zero-order valence-corrected chi connectivity index (χ0v) is 19.2. The topological polar surface area (TPSA) is 152 Å². The van der Waals surface area contributed by atoms with Gasteiger partial charge in [-0.2, -0.15) is 5.26 Å². The maximum absolute atomic E-state index is 12.4. The van der Waals surface area contributed by atoms with Crippen LogP contribution >= 0.6 is 23.1 Å². The molecule has 4 aromatic rings. The van der Waals surface area contributed by atoms with Gasteiger partial charge >= 0.3 is 0 Å². The first-order valence-electron chi connectivity index (χ1n) is 9.83. The van der Waals surface area contributed by atoms with Crippen molar-refractivity contribution >= 4 is 62.4 Å². The zero-order chi connectivity index (χ0) is 24.9. The van der Waals surface area contributed by atoms with Crippen molar-refractivity contribution < 1.29 is 14.6 Å². The van der Waals surface area contributed by atoms with Crippen molar-refractivity contribution in [3.05, 3.63) is 98.1 Å². The minimum Gasteiger partial charge on any atom is -0.321 e. The highest BCUT2D eigenvalue weighted by molar-refractivity contribution is 8.01. The van der Waals surface area contributed by atoms with Gasteiger partial charge in [0.15, 0.2) is 4.34 Å². The lowest BCUT2D eigenvalue weighted by Gasteiger charge is -2.05. The quantitative estimate of drug-likeness (QED) is 0.143. The minimum atomic E-state index is -0.636. The molecule has 0 saturated heterocycles. The van der Waals surface area contributed by atoms with E-state index in [1.807, 2.05) is 6.07 Å². The Morgan fingerprint density at radius 2 is 1.83 bits per heavy atom. The van der Waals surface area contributed by atoms with Gasteiger partial charge in [0.05, 0.1) is 25.0 Å². The van der Waals surface area contributed by atoms with E-state index in [0.717, 1.165) is 11.8 Å². The highest BCUT2D eigenvalue weighted by Gasteiger charge is 2.19. The molecule has 1 heterocycles. The Labute approximate surface area is 205 Å². The summed E-state index contributed by atoms with van der Waals surface area (Å²) in [5, 5.41) is 34.7. The summed E-state index contributed by atoms with van der Waals surface area (Å²) >= 11 is 2.24. The van der Waals surface area contributed by atoms with Crippen LogP contribution in [0.25, 0.3) is 16.3 Å². The zero-order valence-electron chi connectivity index (χ0n) is 17.6. The predicted octanol–water partition coefficient (Wildman–Crippen LogP) is 5.81. The number of hydrogen-bond donors (Lipinski definition) is 1. The number of rotatable bonds is 7. The summed E-state index contributed by atoms with van der Waals surface area (Å²) in [5.41, 5.74) is 0.863. The SMILES string of the molecule is N#C/C(=C\c1ccc(Sc2nc3ccc([N+](=O)[O-])cc3s2)c([N+](=O)[O-])c1)C(=O)Nc1ccccc1. The van der Waals surface area contributed by atoms with Crippen molar-refractivity contribution in [3.63, 3.8) is 0 Å². The van der Waals surface area contributed by atoms with Crippen molar-refractivity contribution in [1.29, 1.82) is 5.26 Å². The van der Waals surface area contributed by atoms with E-state index in [4.69, 9.17) is 0 Å². The number of nitriles is 1. The molecule has 4 rings (SSSR count). The summed E-state index contributed by atoms with van der Waals surface area (Å²) in [6.45, 7) is 0. The van der Waals surface area contributed by atoms with Crippen LogP contribution < -0.4 is 5.32 Å². The van der Waals surface area contributed by atoms with Crippen molar-refractivity contribution in [3.8, 4) is 6.07 Å². The molecule has 12 heteroatoms. The van der Waals surface area contributed by atoms with Crippen LogP contribution in [0.5, 0.6) is 0 Å². The van der Waals surface area contributed by atoms with Gasteiger partial charge in [0, 0.05) is 23.9 Å². The van der Waals surface area contributed by atoms with Gasteiger partial charge in [-0.25, -0.2) is 4.98 Å². The number of carbonyl (C=O) groups excluding carboxylic acids is 1. The number of fused-ring (bicyclic) bond motifs is 1. The second-order valence-corrected chi connectivity index (χ2v) is 9.28. The molecular formula is C23H13N5O5S2. The Hall–Kier alpha value is -4.60. The molecule has 0 aliphatic heterocycles. The van der Waals surface area contributed by atoms with Crippen LogP contribution in [0.4, 0.5) is 17.1 Å². The third kappa shape index (κ3) is 5.49. The van der Waals surface area contributed by atoms with Gasteiger partial charge in [-0.3, -0.25) is 25.0 Å². The van der Waals surface area contributed by atoms with E-state index >= 15 is 0 Å². The van der Waals surface area contributed by atoms with E-state index in [1.165, 1.54) is 47.7 Å². The number of amides is 1. The first-order valence-corrected chi connectivity index (χ1v) is 11.5. The number of nitro groups is 2. The molecule has 0 spiro atoms. The molecule has 0 aliphatic rings. The molecule has 172 valence electrons. The van der Waals surface area contributed by atoms with E-state index in [2.05, 4.69) is 10.3 Å². The van der Waals surface area contributed by atoms with Crippen LogP contribution in [0.2, 0.25) is 0 Å². The standard InChI is InChI=1S/C23H13N5O5S2/c24-13-15(22(29)25-16-4-2-1-3-5-16)10-14-6-9-20(19(11-14)28(32)33)34-23-26-18-8-7-17(27(30)31)12-21(18)35-23/h1-12H,(H,25,29)/b15-10+. The largest absolute Gasteiger partial charge is 0.321 e. The van der Waals surface area contributed by atoms with Gasteiger partial charge in [-0.15, -0.1) is 11.3 Å². The number of nitrogens with one attached hydrogen (secondary N) is 1. The number of carbonyl (C=O) groups is 1. The third-order valence-electron chi connectivity index (χ3n) is 4.65. The number of aromatic nitrogens is 1. The Kier molecular flexibility index (Phi) is 6.81. The smallest absolute Gasteiger partial charge is 0.283 e. The normalized spacial score (nSPS) is 11.1. The van der Waals surface area contributed by atoms with Crippen LogP contribution in [0, 0.1) is 31.6 Å². The summed E-state index contributed by atoms with van der Waals surface area (Å²) in [5.74, 6) is -0.636. The molecule has 0 saturated carbocycles. The molecule has 1 amide bonds. The fourth-order valence-corrected chi connectivity index (χ4v) is 5.17. The number of para-hydroxylation sites is 1. The summed E-state index contributed by atoms with van der Waals surface area (Å²) < 4.78 is 1.07. The van der Waals surface area contributed by atoms with Gasteiger partial charge < -0.3 is 5.32 Å². The molecule has 0 fully saturated rings. The monoisotopic (exact) mass is 503 g/mol. The van der Waals surface area contributed by atoms with Crippen molar-refractivity contribution in [2.24, 2.45) is 0 Å². The fraction of sp³-hybridized carbons (Fsp3) is 0. The van der Waals surface area contributed by atoms with E-state index in [0.29, 0.717) is 30.7 Å². The van der Waals surface area contributed by atoms with E-state index in [9.17, 15) is 30.3 Å². The highest BCUT2D eigenvalue weighted by atomic mass is 32.2. The van der Waals surface area contributed by atoms with Crippen LogP contribution in [0.1, 0.15) is 5.56 Å². The molecule has 0 bridgehead atoms. The molecular weight excluding hydrogens is 490 g/mol. The van der Waals surface area contributed by atoms with E-state index in [-0.39, 0.29) is 16.9 Å². The van der Waals surface area contributed by atoms with Crippen LogP contribution in [0.3, 0.4) is 0 Å². The Balaban J connectivity index is 1.61. The average Bonchev–Trinajstić information content (AvgIpc) is 3.25. The number of thiazole rings is 1. The second kappa shape index (κ2) is 10.1. The van der Waals surface area contributed by atoms with E-state index < -0.39 is 15.8 Å². The molecule has 1 aromatic heterocycles. The Bertz CT molecular complexity index is 1540. The van der Waals surface area contributed by atoms with Crippen molar-refractivity contribution in [1.82, 2.24) is 4.98 Å². The van der Waals surface area contributed by atoms with Gasteiger partial charge in [0.1, 0.15) is 11.6 Å². The number of hydrogen-bond acceptors (Lipinski definition) is 9. The molecule has 3 aromatic carbocycles. The van der Waals surface area contributed by atoms with Crippen LogP contribution in [-0.4, -0.2) is 20.7 Å². The van der Waals surface area contributed by atoms with Gasteiger partial charge in [0.2, 0.25) is 0 Å². The number of benzene rings is 3. The number of non-ortho nitro benzene ring substituents is 1. The average molecular weight is 504 g/mol. The minimum absolute atomic E-state index is 0.0654. The van der Waals surface area contributed by atoms with Gasteiger partial charge in [-0.1, -0.05) is 36.0 Å². The molecule has 0 radical (unpaired) electrons. The summed E-state index contributed by atoms with van der Waals surface area (Å²) in [4.78, 5) is 38.8. The Morgan fingerprint density at radius 3 is 2.51 bits per heavy atom. The third-order valence-corrected chi connectivity index (χ3v) is 6.79. The van der Waals surface area contributed by atoms with Crippen LogP contribution in [0.15, 0.2) is 81.5 Å². The number of anilines is 1. The first kappa shape index (κ1) is 23.6. The molecule has 0 atom stereocenters. The number of nitro benzene ring substituents is 2. The summed E-state index contributed by atoms with van der Waals surface area (Å²) in [6.07, 6.45) is 1.27. The van der Waals surface area contributed by atoms with E-state index in [1.54, 1.807) is 36.4 Å². The lowest BCUT2D eigenvalue weighted by atomic mass is 10.1. The number of nitrogens with zero attached hydrogens (tertiary/aromatic N) is 4. The molecule has 35 heavy (non-hydrogen) atoms. The molecule has 10 nitrogen and oxygen atoms in total. The fourth-order valence-electron chi connectivity index (χ4n) is 3.03. The van der Waals surface area contributed by atoms with Crippen LogP contribution in [-0.2, 0) is 4.79 Å². The van der Waals surface area contributed by atoms with Crippen molar-refractivity contribution in [2.45, 2.75) is 9.24 Å². The second-order valence-electron chi connectivity index (χ2n) is 6.97. The highest BCUT2D eigenvalue weighted by Crippen LogP contribution is 2.40. The molecule has 0 aliphatic carbocycles. The molecule has 1 N–H and O–H groups in total. The lowest BCUT2D eigenvalue weighted by molar-refractivity contribution is -0.387. The Morgan fingerprint density at radius 1 is 1.06 bits per heavy atom. The van der Waals surface area contributed by atoms with Gasteiger partial charge in [-0.05, 0) is 35.9 Å². The lowest BCUT2D eigenvalue weighted by Crippen LogP contribution is -2.13. The summed E-state index contributed by atoms with van der Waals surface area (Å²) in [7, 11) is 0. The molecule has 0 unspecified atom stereocenters. The summed E-state index contributed by atoms with van der Waals surface area (Å²) in [6, 6.07) is 19.0. The maximum Gasteiger partial charge on any atom is 0.283 e.